The van der Waals surface area contributed by atoms with E-state index < -0.39 is 0 Å². The molecule has 2 N–H and O–H groups in total. The SMILES string of the molecule is CN=C(NCCCCN(C)C(C)C)NCC1(CCOC)CCC1. The van der Waals surface area contributed by atoms with Crippen LogP contribution in [0.5, 0.6) is 0 Å². The molecular formula is C18H38N4O. The van der Waals surface area contributed by atoms with Crippen molar-refractivity contribution in [1.29, 1.82) is 0 Å². The number of guanidine groups is 1. The lowest BCUT2D eigenvalue weighted by molar-refractivity contribution is 0.0732. The Labute approximate surface area is 143 Å². The first-order chi connectivity index (χ1) is 11.0. The topological polar surface area (TPSA) is 48.9 Å². The van der Waals surface area contributed by atoms with Gasteiger partial charge in [0.05, 0.1) is 0 Å². The number of hydrogen-bond acceptors (Lipinski definition) is 3. The Bertz CT molecular complexity index is 340. The van der Waals surface area contributed by atoms with Crippen LogP contribution in [0, 0.1) is 5.41 Å². The van der Waals surface area contributed by atoms with E-state index in [1.165, 1.54) is 32.1 Å². The summed E-state index contributed by atoms with van der Waals surface area (Å²) < 4.78 is 5.26. The van der Waals surface area contributed by atoms with Gasteiger partial charge in [-0.15, -0.1) is 0 Å². The number of ether oxygens (including phenoxy) is 1. The van der Waals surface area contributed by atoms with Crippen LogP contribution in [0.25, 0.3) is 0 Å². The molecule has 0 aromatic carbocycles. The van der Waals surface area contributed by atoms with E-state index in [9.17, 15) is 0 Å². The van der Waals surface area contributed by atoms with Gasteiger partial charge in [-0.1, -0.05) is 6.42 Å². The van der Waals surface area contributed by atoms with E-state index in [1.54, 1.807) is 7.11 Å². The lowest BCUT2D eigenvalue weighted by Gasteiger charge is -2.42. The average Bonchev–Trinajstić information content (AvgIpc) is 2.50. The summed E-state index contributed by atoms with van der Waals surface area (Å²) in [5.41, 5.74) is 0.424. The Morgan fingerprint density at radius 1 is 1.26 bits per heavy atom. The highest BCUT2D eigenvalue weighted by molar-refractivity contribution is 5.79. The monoisotopic (exact) mass is 326 g/mol. The van der Waals surface area contributed by atoms with Crippen molar-refractivity contribution in [2.45, 2.75) is 58.4 Å². The average molecular weight is 327 g/mol. The third-order valence-corrected chi connectivity index (χ3v) is 5.22. The minimum Gasteiger partial charge on any atom is -0.385 e. The molecule has 0 saturated heterocycles. The molecule has 0 amide bonds. The molecule has 0 aliphatic heterocycles. The van der Waals surface area contributed by atoms with E-state index >= 15 is 0 Å². The summed E-state index contributed by atoms with van der Waals surface area (Å²) in [6.07, 6.45) is 7.50. The molecule has 0 aromatic heterocycles. The van der Waals surface area contributed by atoms with Gasteiger partial charge in [0.1, 0.15) is 0 Å². The quantitative estimate of drug-likeness (QED) is 0.348. The molecule has 1 aliphatic rings. The largest absolute Gasteiger partial charge is 0.385 e. The van der Waals surface area contributed by atoms with Gasteiger partial charge in [0.2, 0.25) is 0 Å². The Morgan fingerprint density at radius 3 is 2.52 bits per heavy atom. The maximum absolute atomic E-state index is 5.26. The Hall–Kier alpha value is -0.810. The highest BCUT2D eigenvalue weighted by Gasteiger charge is 2.36. The second-order valence-electron chi connectivity index (χ2n) is 7.23. The lowest BCUT2D eigenvalue weighted by atomic mass is 9.67. The third kappa shape index (κ3) is 7.53. The van der Waals surface area contributed by atoms with E-state index in [-0.39, 0.29) is 0 Å². The summed E-state index contributed by atoms with van der Waals surface area (Å²) in [4.78, 5) is 6.74. The molecular weight excluding hydrogens is 288 g/mol. The zero-order valence-corrected chi connectivity index (χ0v) is 16.0. The molecule has 1 fully saturated rings. The van der Waals surface area contributed by atoms with Gasteiger partial charge < -0.3 is 20.3 Å². The van der Waals surface area contributed by atoms with Gasteiger partial charge in [-0.2, -0.15) is 0 Å². The minimum absolute atomic E-state index is 0.424. The van der Waals surface area contributed by atoms with Crippen LogP contribution in [0.2, 0.25) is 0 Å². The van der Waals surface area contributed by atoms with Crippen molar-refractivity contribution in [2.24, 2.45) is 10.4 Å². The number of aliphatic imine (C=N–C) groups is 1. The number of hydrogen-bond donors (Lipinski definition) is 2. The molecule has 0 unspecified atom stereocenters. The van der Waals surface area contributed by atoms with Crippen molar-refractivity contribution in [3.8, 4) is 0 Å². The first-order valence-corrected chi connectivity index (χ1v) is 9.17. The van der Waals surface area contributed by atoms with Crippen LogP contribution in [0.4, 0.5) is 0 Å². The number of nitrogens with zero attached hydrogens (tertiary/aromatic N) is 2. The first-order valence-electron chi connectivity index (χ1n) is 9.17. The fraction of sp³-hybridized carbons (Fsp3) is 0.944. The summed E-state index contributed by atoms with van der Waals surface area (Å²) in [5, 5.41) is 6.95. The van der Waals surface area contributed by atoms with Gasteiger partial charge in [0, 0.05) is 39.9 Å². The van der Waals surface area contributed by atoms with Crippen molar-refractivity contribution in [1.82, 2.24) is 15.5 Å². The van der Waals surface area contributed by atoms with E-state index in [0.29, 0.717) is 11.5 Å². The molecule has 0 heterocycles. The number of nitrogens with one attached hydrogen (secondary N) is 2. The fourth-order valence-corrected chi connectivity index (χ4v) is 2.95. The molecule has 1 aliphatic carbocycles. The first kappa shape index (κ1) is 20.2. The van der Waals surface area contributed by atoms with E-state index in [0.717, 1.165) is 38.6 Å². The maximum Gasteiger partial charge on any atom is 0.190 e. The molecule has 1 rings (SSSR count). The summed E-state index contributed by atoms with van der Waals surface area (Å²) in [5.74, 6) is 0.936. The number of unbranched alkanes of at least 4 members (excludes halogenated alkanes) is 1. The van der Waals surface area contributed by atoms with E-state index in [1.807, 2.05) is 7.05 Å². The summed E-state index contributed by atoms with van der Waals surface area (Å²) in [6.45, 7) is 8.49. The maximum atomic E-state index is 5.26. The van der Waals surface area contributed by atoms with Crippen LogP contribution in [-0.4, -0.2) is 64.3 Å². The highest BCUT2D eigenvalue weighted by atomic mass is 16.5. The molecule has 0 spiro atoms. The van der Waals surface area contributed by atoms with Gasteiger partial charge in [-0.25, -0.2) is 0 Å². The number of methoxy groups -OCH3 is 1. The predicted molar refractivity (Wildman–Crippen MR) is 99.1 cm³/mol. The third-order valence-electron chi connectivity index (χ3n) is 5.22. The molecule has 0 bridgehead atoms. The molecule has 0 atom stereocenters. The number of rotatable bonds is 11. The van der Waals surface area contributed by atoms with E-state index in [2.05, 4.69) is 41.4 Å². The fourth-order valence-electron chi connectivity index (χ4n) is 2.95. The molecule has 136 valence electrons. The lowest BCUT2D eigenvalue weighted by Crippen LogP contribution is -2.47. The molecule has 23 heavy (non-hydrogen) atoms. The van der Waals surface area contributed by atoms with Gasteiger partial charge >= 0.3 is 0 Å². The summed E-state index contributed by atoms with van der Waals surface area (Å²) >= 11 is 0. The molecule has 0 radical (unpaired) electrons. The van der Waals surface area contributed by atoms with Gasteiger partial charge in [0.15, 0.2) is 5.96 Å². The van der Waals surface area contributed by atoms with Gasteiger partial charge in [-0.05, 0) is 65.0 Å². The molecule has 0 aromatic rings. The summed E-state index contributed by atoms with van der Waals surface area (Å²) in [7, 11) is 5.83. The van der Waals surface area contributed by atoms with Crippen LogP contribution in [0.3, 0.4) is 0 Å². The minimum atomic E-state index is 0.424. The van der Waals surface area contributed by atoms with Crippen molar-refractivity contribution < 1.29 is 4.74 Å². The zero-order valence-electron chi connectivity index (χ0n) is 16.0. The Morgan fingerprint density at radius 2 is 2.00 bits per heavy atom. The van der Waals surface area contributed by atoms with Gasteiger partial charge in [-0.3, -0.25) is 4.99 Å². The predicted octanol–water partition coefficient (Wildman–Crippen LogP) is 2.48. The van der Waals surface area contributed by atoms with Crippen LogP contribution >= 0.6 is 0 Å². The van der Waals surface area contributed by atoms with Crippen LogP contribution in [0.15, 0.2) is 4.99 Å². The Balaban J connectivity index is 2.17. The standard InChI is InChI=1S/C18H38N4O/c1-16(2)22(4)13-7-6-12-20-17(19-3)21-15-18(9-8-10-18)11-14-23-5/h16H,6-15H2,1-5H3,(H2,19,20,21). The van der Waals surface area contributed by atoms with Gasteiger partial charge in [0.25, 0.3) is 0 Å². The van der Waals surface area contributed by atoms with Crippen LogP contribution in [-0.2, 0) is 4.74 Å². The Kier molecular flexibility index (Phi) is 9.56. The van der Waals surface area contributed by atoms with Crippen molar-refractivity contribution in [3.05, 3.63) is 0 Å². The summed E-state index contributed by atoms with van der Waals surface area (Å²) in [6, 6.07) is 0.628. The second-order valence-corrected chi connectivity index (χ2v) is 7.23. The van der Waals surface area contributed by atoms with Crippen molar-refractivity contribution >= 4 is 5.96 Å². The van der Waals surface area contributed by atoms with Crippen LogP contribution in [0.1, 0.15) is 52.4 Å². The van der Waals surface area contributed by atoms with Crippen molar-refractivity contribution in [2.75, 3.05) is 47.4 Å². The molecule has 5 nitrogen and oxygen atoms in total. The smallest absolute Gasteiger partial charge is 0.190 e. The molecule has 5 heteroatoms. The van der Waals surface area contributed by atoms with Crippen LogP contribution < -0.4 is 10.6 Å². The van der Waals surface area contributed by atoms with Crippen molar-refractivity contribution in [3.63, 3.8) is 0 Å². The normalized spacial score (nSPS) is 17.4. The zero-order chi connectivity index (χ0) is 17.1. The van der Waals surface area contributed by atoms with E-state index in [4.69, 9.17) is 4.74 Å². The molecule has 1 saturated carbocycles. The second kappa shape index (κ2) is 10.9. The highest BCUT2D eigenvalue weighted by Crippen LogP contribution is 2.43.